The Morgan fingerprint density at radius 3 is 3.13 bits per heavy atom. The van der Waals surface area contributed by atoms with Crippen molar-refractivity contribution in [1.29, 1.82) is 0 Å². The van der Waals surface area contributed by atoms with Crippen molar-refractivity contribution >= 4 is 12.0 Å². The van der Waals surface area contributed by atoms with Gasteiger partial charge >= 0.3 is 5.97 Å². The predicted molar refractivity (Wildman–Crippen MR) is 54.4 cm³/mol. The van der Waals surface area contributed by atoms with Gasteiger partial charge in [-0.05, 0) is 18.2 Å². The van der Waals surface area contributed by atoms with E-state index in [1.807, 2.05) is 6.08 Å². The van der Waals surface area contributed by atoms with Crippen molar-refractivity contribution in [2.45, 2.75) is 0 Å². The summed E-state index contributed by atoms with van der Waals surface area (Å²) in [5, 5.41) is 0. The van der Waals surface area contributed by atoms with E-state index in [1.165, 1.54) is 19.6 Å². The number of carbonyl (C=O) groups excluding carboxylic acids is 1. The zero-order valence-electron chi connectivity index (χ0n) is 8.14. The van der Waals surface area contributed by atoms with Crippen molar-refractivity contribution in [1.82, 2.24) is 4.98 Å². The lowest BCUT2D eigenvalue weighted by Gasteiger charge is -2.04. The highest BCUT2D eigenvalue weighted by molar-refractivity contribution is 5.89. The molecule has 0 saturated heterocycles. The van der Waals surface area contributed by atoms with E-state index in [0.29, 0.717) is 17.0 Å². The normalized spacial score (nSPS) is 12.6. The number of esters is 1. The molecule has 0 N–H and O–H groups in total. The maximum atomic E-state index is 11.2. The van der Waals surface area contributed by atoms with Crippen LogP contribution >= 0.6 is 0 Å². The van der Waals surface area contributed by atoms with Crippen molar-refractivity contribution < 1.29 is 14.3 Å². The van der Waals surface area contributed by atoms with E-state index in [-0.39, 0.29) is 0 Å². The van der Waals surface area contributed by atoms with E-state index in [0.717, 1.165) is 0 Å². The molecule has 4 heteroatoms. The summed E-state index contributed by atoms with van der Waals surface area (Å²) in [7, 11) is 1.33. The average molecular weight is 203 g/mol. The fourth-order valence-electron chi connectivity index (χ4n) is 1.21. The van der Waals surface area contributed by atoms with Crippen LogP contribution in [0.25, 0.3) is 6.08 Å². The molecule has 1 aromatic heterocycles. The molecule has 0 saturated carbocycles. The van der Waals surface area contributed by atoms with Crippen LogP contribution in [0.1, 0.15) is 16.1 Å². The van der Waals surface area contributed by atoms with Gasteiger partial charge in [0, 0.05) is 6.20 Å². The van der Waals surface area contributed by atoms with Crippen LogP contribution in [0.3, 0.4) is 0 Å². The number of ether oxygens (including phenoxy) is 2. The highest BCUT2D eigenvalue weighted by Gasteiger charge is 2.10. The number of fused-ring (bicyclic) bond motifs is 1. The lowest BCUT2D eigenvalue weighted by atomic mass is 10.2. The number of allylic oxidation sites excluding steroid dienone is 2. The second-order valence-corrected chi connectivity index (χ2v) is 2.90. The molecule has 1 aromatic rings. The summed E-state index contributed by atoms with van der Waals surface area (Å²) < 4.78 is 9.86. The summed E-state index contributed by atoms with van der Waals surface area (Å²) in [5.74, 6) is 0.119. The first kappa shape index (κ1) is 9.45. The second kappa shape index (κ2) is 3.96. The lowest BCUT2D eigenvalue weighted by Crippen LogP contribution is -2.03. The third kappa shape index (κ3) is 1.88. The van der Waals surface area contributed by atoms with Crippen molar-refractivity contribution in [3.05, 3.63) is 41.9 Å². The molecule has 0 unspecified atom stereocenters. The van der Waals surface area contributed by atoms with Crippen molar-refractivity contribution in [2.24, 2.45) is 0 Å². The summed E-state index contributed by atoms with van der Waals surface area (Å²) in [4.78, 5) is 15.3. The minimum absolute atomic E-state index is 0.375. The Morgan fingerprint density at radius 2 is 2.33 bits per heavy atom. The van der Waals surface area contributed by atoms with Crippen LogP contribution < -0.4 is 4.74 Å². The Bertz CT molecular complexity index is 449. The van der Waals surface area contributed by atoms with Crippen LogP contribution in [-0.2, 0) is 4.74 Å². The van der Waals surface area contributed by atoms with Crippen molar-refractivity contribution in [3.8, 4) is 5.75 Å². The van der Waals surface area contributed by atoms with E-state index < -0.39 is 5.97 Å². The first-order chi connectivity index (χ1) is 7.31. The van der Waals surface area contributed by atoms with Crippen LogP contribution in [0.5, 0.6) is 5.75 Å². The van der Waals surface area contributed by atoms with E-state index in [1.54, 1.807) is 18.2 Å². The third-order valence-electron chi connectivity index (χ3n) is 1.94. The molecular formula is C11H9NO3. The largest absolute Gasteiger partial charge is 0.465 e. The van der Waals surface area contributed by atoms with Gasteiger partial charge in [-0.3, -0.25) is 4.98 Å². The highest BCUT2D eigenvalue weighted by atomic mass is 16.5. The Balaban J connectivity index is 2.42. The molecule has 0 bridgehead atoms. The smallest absolute Gasteiger partial charge is 0.339 e. The Labute approximate surface area is 86.8 Å². The Hall–Kier alpha value is -2.10. The molecule has 2 rings (SSSR count). The molecule has 0 atom stereocenters. The molecule has 1 aliphatic heterocycles. The zero-order valence-corrected chi connectivity index (χ0v) is 8.14. The SMILES string of the molecule is COC(=O)c1cnc2c(c1)OC=CC=C2. The topological polar surface area (TPSA) is 48.4 Å². The molecule has 0 aliphatic carbocycles. The van der Waals surface area contributed by atoms with Crippen LogP contribution in [-0.4, -0.2) is 18.1 Å². The van der Waals surface area contributed by atoms with Gasteiger partial charge in [0.1, 0.15) is 5.69 Å². The fourth-order valence-corrected chi connectivity index (χ4v) is 1.21. The second-order valence-electron chi connectivity index (χ2n) is 2.90. The molecule has 4 nitrogen and oxygen atoms in total. The summed E-state index contributed by atoms with van der Waals surface area (Å²) >= 11 is 0. The first-order valence-corrected chi connectivity index (χ1v) is 4.39. The van der Waals surface area contributed by atoms with Crippen LogP contribution in [0.15, 0.2) is 30.7 Å². The van der Waals surface area contributed by atoms with Gasteiger partial charge in [-0.25, -0.2) is 4.79 Å². The molecule has 1 aliphatic rings. The molecular weight excluding hydrogens is 194 g/mol. The monoisotopic (exact) mass is 203 g/mol. The molecule has 0 fully saturated rings. The Morgan fingerprint density at radius 1 is 1.47 bits per heavy atom. The number of hydrogen-bond acceptors (Lipinski definition) is 4. The van der Waals surface area contributed by atoms with Crippen molar-refractivity contribution in [2.75, 3.05) is 7.11 Å². The number of methoxy groups -OCH3 is 1. The van der Waals surface area contributed by atoms with Gasteiger partial charge in [-0.15, -0.1) is 0 Å². The van der Waals surface area contributed by atoms with Crippen LogP contribution in [0.4, 0.5) is 0 Å². The fraction of sp³-hybridized carbons (Fsp3) is 0.0909. The molecule has 0 spiro atoms. The number of rotatable bonds is 1. The molecule has 76 valence electrons. The summed E-state index contributed by atoms with van der Waals surface area (Å²) in [6, 6.07) is 1.61. The zero-order chi connectivity index (χ0) is 10.7. The number of hydrogen-bond donors (Lipinski definition) is 0. The minimum Gasteiger partial charge on any atom is -0.465 e. The van der Waals surface area contributed by atoms with Crippen LogP contribution in [0.2, 0.25) is 0 Å². The Kier molecular flexibility index (Phi) is 2.49. The molecule has 0 radical (unpaired) electrons. The van der Waals surface area contributed by atoms with Crippen LogP contribution in [0, 0.1) is 0 Å². The maximum Gasteiger partial charge on any atom is 0.339 e. The van der Waals surface area contributed by atoms with Crippen molar-refractivity contribution in [3.63, 3.8) is 0 Å². The predicted octanol–water partition coefficient (Wildman–Crippen LogP) is 1.79. The number of aromatic nitrogens is 1. The molecule has 0 aromatic carbocycles. The van der Waals surface area contributed by atoms with E-state index >= 15 is 0 Å². The van der Waals surface area contributed by atoms with E-state index in [2.05, 4.69) is 9.72 Å². The number of carbonyl (C=O) groups is 1. The quantitative estimate of drug-likeness (QED) is 0.653. The summed E-state index contributed by atoms with van der Waals surface area (Å²) in [6.07, 6.45) is 8.37. The number of pyridine rings is 1. The van der Waals surface area contributed by atoms with Gasteiger partial charge in [0.2, 0.25) is 0 Å². The van der Waals surface area contributed by atoms with Gasteiger partial charge in [-0.1, -0.05) is 6.08 Å². The lowest BCUT2D eigenvalue weighted by molar-refractivity contribution is 0.0600. The van der Waals surface area contributed by atoms with E-state index in [9.17, 15) is 4.79 Å². The minimum atomic E-state index is -0.425. The van der Waals surface area contributed by atoms with Gasteiger partial charge in [-0.2, -0.15) is 0 Å². The van der Waals surface area contributed by atoms with E-state index in [4.69, 9.17) is 4.74 Å². The highest BCUT2D eigenvalue weighted by Crippen LogP contribution is 2.21. The number of nitrogens with zero attached hydrogens (tertiary/aromatic N) is 1. The van der Waals surface area contributed by atoms with Gasteiger partial charge in [0.05, 0.1) is 18.9 Å². The van der Waals surface area contributed by atoms with Gasteiger partial charge in [0.25, 0.3) is 0 Å². The first-order valence-electron chi connectivity index (χ1n) is 4.39. The average Bonchev–Trinajstić information content (AvgIpc) is 2.51. The summed E-state index contributed by atoms with van der Waals surface area (Å²) in [6.45, 7) is 0. The molecule has 2 heterocycles. The molecule has 15 heavy (non-hydrogen) atoms. The van der Waals surface area contributed by atoms with Gasteiger partial charge < -0.3 is 9.47 Å². The third-order valence-corrected chi connectivity index (χ3v) is 1.94. The maximum absolute atomic E-state index is 11.2. The van der Waals surface area contributed by atoms with Gasteiger partial charge in [0.15, 0.2) is 5.75 Å². The summed E-state index contributed by atoms with van der Waals surface area (Å²) in [5.41, 5.74) is 1.06. The molecule has 0 amide bonds. The standard InChI is InChI=1S/C11H9NO3/c1-14-11(13)8-6-10-9(12-7-8)4-2-3-5-15-10/h2-7H,1H3.